The van der Waals surface area contributed by atoms with E-state index in [0.717, 1.165) is 0 Å². The third kappa shape index (κ3) is 5.37. The number of fused-ring (bicyclic) bond motifs is 1. The van der Waals surface area contributed by atoms with Gasteiger partial charge in [-0.15, -0.1) is 5.10 Å². The first-order valence-electron chi connectivity index (χ1n) is 12.5. The number of nitrogens with zero attached hydrogens (tertiary/aromatic N) is 7. The van der Waals surface area contributed by atoms with Crippen LogP contribution in [0, 0.1) is 0 Å². The van der Waals surface area contributed by atoms with E-state index in [0.29, 0.717) is 47.7 Å². The van der Waals surface area contributed by atoms with Crippen molar-refractivity contribution in [3.63, 3.8) is 0 Å². The Kier molecular flexibility index (Phi) is 7.99. The van der Waals surface area contributed by atoms with E-state index in [1.54, 1.807) is 31.6 Å². The lowest BCUT2D eigenvalue weighted by atomic mass is 10.1. The smallest absolute Gasteiger partial charge is 0.330 e. The van der Waals surface area contributed by atoms with Crippen LogP contribution in [0.2, 0.25) is 10.0 Å². The first kappa shape index (κ1) is 28.2. The maximum atomic E-state index is 13.6. The summed E-state index contributed by atoms with van der Waals surface area (Å²) < 4.78 is 10.7. The Labute approximate surface area is 246 Å². The van der Waals surface area contributed by atoms with Gasteiger partial charge >= 0.3 is 6.03 Å². The molecule has 3 amide bonds. The zero-order chi connectivity index (χ0) is 29.3. The van der Waals surface area contributed by atoms with Gasteiger partial charge in [-0.2, -0.15) is 10.1 Å². The molecule has 3 aromatic rings. The summed E-state index contributed by atoms with van der Waals surface area (Å²) in [6, 6.07) is 4.21. The maximum Gasteiger partial charge on any atom is 0.330 e. The van der Waals surface area contributed by atoms with E-state index in [9.17, 15) is 9.59 Å². The molecule has 5 rings (SSSR count). The highest BCUT2D eigenvalue weighted by atomic mass is 35.5. The van der Waals surface area contributed by atoms with Gasteiger partial charge in [0.05, 0.1) is 38.5 Å². The van der Waals surface area contributed by atoms with E-state index in [2.05, 4.69) is 37.4 Å². The molecule has 0 aliphatic carbocycles. The molecular weight excluding hydrogens is 573 g/mol. The van der Waals surface area contributed by atoms with Gasteiger partial charge in [-0.1, -0.05) is 29.8 Å². The largest absolute Gasteiger partial charge is 0.495 e. The molecule has 2 aliphatic heterocycles. The van der Waals surface area contributed by atoms with E-state index >= 15 is 0 Å². The van der Waals surface area contributed by atoms with Crippen molar-refractivity contribution in [2.45, 2.75) is 18.6 Å². The number of ether oxygens (including phenoxy) is 2. The van der Waals surface area contributed by atoms with Gasteiger partial charge in [0, 0.05) is 44.2 Å². The van der Waals surface area contributed by atoms with Crippen LogP contribution in [0.3, 0.4) is 0 Å². The summed E-state index contributed by atoms with van der Waals surface area (Å²) in [5, 5.41) is 14.7. The van der Waals surface area contributed by atoms with Gasteiger partial charge in [0.2, 0.25) is 11.9 Å². The molecule has 41 heavy (non-hydrogen) atoms. The number of anilines is 4. The van der Waals surface area contributed by atoms with Crippen LogP contribution in [0.4, 0.5) is 28.1 Å². The van der Waals surface area contributed by atoms with Crippen molar-refractivity contribution in [1.82, 2.24) is 25.5 Å². The van der Waals surface area contributed by atoms with Gasteiger partial charge in [-0.3, -0.25) is 14.6 Å². The minimum atomic E-state index is -0.410. The summed E-state index contributed by atoms with van der Waals surface area (Å²) in [6.45, 7) is 4.64. The topological polar surface area (TPSA) is 138 Å². The highest BCUT2D eigenvalue weighted by Gasteiger charge is 2.37. The maximum absolute atomic E-state index is 13.6. The number of hydrogen-bond donors (Lipinski definition) is 2. The highest BCUT2D eigenvalue weighted by molar-refractivity contribution is 6.42. The van der Waals surface area contributed by atoms with Crippen molar-refractivity contribution in [1.29, 1.82) is 0 Å². The molecule has 0 radical (unpaired) electrons. The number of carbonyl (C=O) groups excluding carboxylic acids is 2. The van der Waals surface area contributed by atoms with Crippen LogP contribution in [0.15, 0.2) is 43.2 Å². The zero-order valence-electron chi connectivity index (χ0n) is 22.5. The van der Waals surface area contributed by atoms with Crippen molar-refractivity contribution in [3.8, 4) is 11.5 Å². The van der Waals surface area contributed by atoms with Crippen molar-refractivity contribution < 1.29 is 19.1 Å². The molecule has 2 N–H and O–H groups in total. The Bertz CT molecular complexity index is 1470. The fourth-order valence-electron chi connectivity index (χ4n) is 4.82. The SMILES string of the molecule is C=CC(=O)NC1CN(c2cccnn2)CC1Nc1ncc2c(n1)N(C)C(=O)N(c1c(Cl)c(OC)cc(OC)c1Cl)C2. The van der Waals surface area contributed by atoms with E-state index in [-0.39, 0.29) is 40.3 Å². The molecule has 15 heteroatoms. The molecular formula is C26H27Cl2N9O4. The van der Waals surface area contributed by atoms with Crippen LogP contribution in [0.5, 0.6) is 11.5 Å². The molecule has 214 valence electrons. The normalized spacial score (nSPS) is 18.2. The van der Waals surface area contributed by atoms with E-state index in [1.807, 2.05) is 11.0 Å². The van der Waals surface area contributed by atoms with Gasteiger partial charge in [0.1, 0.15) is 27.4 Å². The molecule has 1 fully saturated rings. The first-order chi connectivity index (χ1) is 19.7. The number of halogens is 2. The van der Waals surface area contributed by atoms with E-state index in [4.69, 9.17) is 32.7 Å². The molecule has 2 aromatic heterocycles. The van der Waals surface area contributed by atoms with Gasteiger partial charge in [-0.05, 0) is 18.2 Å². The lowest BCUT2D eigenvalue weighted by Gasteiger charge is -2.35. The fraction of sp³-hybridized carbons (Fsp3) is 0.308. The second-order valence-corrected chi connectivity index (χ2v) is 10.0. The number of aromatic nitrogens is 4. The molecule has 2 unspecified atom stereocenters. The third-order valence-electron chi connectivity index (χ3n) is 6.86. The summed E-state index contributed by atoms with van der Waals surface area (Å²) in [4.78, 5) is 39.6. The molecule has 2 aliphatic rings. The Morgan fingerprint density at radius 2 is 1.88 bits per heavy atom. The molecule has 2 atom stereocenters. The lowest BCUT2D eigenvalue weighted by Crippen LogP contribution is -2.47. The lowest BCUT2D eigenvalue weighted by molar-refractivity contribution is -0.117. The predicted molar refractivity (Wildman–Crippen MR) is 155 cm³/mol. The van der Waals surface area contributed by atoms with E-state index in [1.165, 1.54) is 30.1 Å². The van der Waals surface area contributed by atoms with Crippen molar-refractivity contribution in [2.75, 3.05) is 54.4 Å². The van der Waals surface area contributed by atoms with Gasteiger partial charge in [-0.25, -0.2) is 9.78 Å². The monoisotopic (exact) mass is 599 g/mol. The fourth-order valence-corrected chi connectivity index (χ4v) is 5.52. The minimum Gasteiger partial charge on any atom is -0.495 e. The molecule has 0 saturated carbocycles. The molecule has 0 bridgehead atoms. The summed E-state index contributed by atoms with van der Waals surface area (Å²) in [7, 11) is 4.52. The summed E-state index contributed by atoms with van der Waals surface area (Å²) in [5.41, 5.74) is 0.917. The Morgan fingerprint density at radius 1 is 1.17 bits per heavy atom. The highest BCUT2D eigenvalue weighted by Crippen LogP contribution is 2.47. The number of nitrogens with one attached hydrogen (secondary N) is 2. The molecule has 0 spiro atoms. The van der Waals surface area contributed by atoms with Gasteiger partial charge in [0.25, 0.3) is 0 Å². The van der Waals surface area contributed by atoms with Crippen LogP contribution in [-0.2, 0) is 11.3 Å². The van der Waals surface area contributed by atoms with Crippen LogP contribution >= 0.6 is 23.2 Å². The standard InChI is InChI=1S/C26H27Cl2N9O4/c1-5-20(38)31-15-12-36(19-7-6-8-30-34-19)13-16(15)32-25-29-10-14-11-37(26(39)35(2)24(14)33-25)23-21(27)17(40-3)9-18(41-4)22(23)28/h5-10,15-16H,1,11-13H2,2-4H3,(H,31,38)(H,29,32,33). The molecule has 1 aromatic carbocycles. The quantitative estimate of drug-likeness (QED) is 0.371. The van der Waals surface area contributed by atoms with Gasteiger partial charge in [0.15, 0.2) is 5.82 Å². The average molecular weight is 600 g/mol. The minimum absolute atomic E-state index is 0.108. The van der Waals surface area contributed by atoms with Crippen LogP contribution in [0.1, 0.15) is 5.56 Å². The predicted octanol–water partition coefficient (Wildman–Crippen LogP) is 3.14. The van der Waals surface area contributed by atoms with Crippen LogP contribution in [0.25, 0.3) is 0 Å². The zero-order valence-corrected chi connectivity index (χ0v) is 24.0. The van der Waals surface area contributed by atoms with Crippen LogP contribution < -0.4 is 34.8 Å². The second-order valence-electron chi connectivity index (χ2n) is 9.28. The van der Waals surface area contributed by atoms with Crippen molar-refractivity contribution >= 4 is 58.4 Å². The number of benzene rings is 1. The Hall–Kier alpha value is -4.36. The van der Waals surface area contributed by atoms with Crippen LogP contribution in [-0.4, -0.2) is 78.5 Å². The molecule has 13 nitrogen and oxygen atoms in total. The number of rotatable bonds is 8. The summed E-state index contributed by atoms with van der Waals surface area (Å²) in [6.07, 6.45) is 4.45. The number of urea groups is 1. The summed E-state index contributed by atoms with van der Waals surface area (Å²) >= 11 is 13.2. The third-order valence-corrected chi connectivity index (χ3v) is 7.59. The Balaban J connectivity index is 1.42. The number of amides is 3. The van der Waals surface area contributed by atoms with E-state index < -0.39 is 6.03 Å². The number of methoxy groups -OCH3 is 2. The summed E-state index contributed by atoms with van der Waals surface area (Å²) in [5.74, 6) is 1.71. The molecule has 1 saturated heterocycles. The first-order valence-corrected chi connectivity index (χ1v) is 13.2. The molecule has 4 heterocycles. The number of hydrogen-bond acceptors (Lipinski definition) is 10. The van der Waals surface area contributed by atoms with Crippen molar-refractivity contribution in [2.24, 2.45) is 0 Å². The second kappa shape index (κ2) is 11.6. The average Bonchev–Trinajstić information content (AvgIpc) is 3.38. The number of carbonyl (C=O) groups is 2. The van der Waals surface area contributed by atoms with Gasteiger partial charge < -0.3 is 25.0 Å². The van der Waals surface area contributed by atoms with Crippen molar-refractivity contribution in [3.05, 3.63) is 58.9 Å². The Morgan fingerprint density at radius 3 is 2.51 bits per heavy atom.